The number of imide groups is 1. The van der Waals surface area contributed by atoms with Gasteiger partial charge in [-0.25, -0.2) is 0 Å². The molecular formula is C11H9NO3. The van der Waals surface area contributed by atoms with Crippen molar-refractivity contribution in [1.29, 1.82) is 0 Å². The number of fused-ring (bicyclic) bond motifs is 1. The number of benzene rings is 1. The molecule has 1 unspecified atom stereocenters. The van der Waals surface area contributed by atoms with Crippen LogP contribution in [0.4, 0.5) is 0 Å². The Morgan fingerprint density at radius 3 is 2.73 bits per heavy atom. The highest BCUT2D eigenvalue weighted by atomic mass is 16.3. The average Bonchev–Trinajstić information content (AvgIpc) is 2.54. The van der Waals surface area contributed by atoms with E-state index in [4.69, 9.17) is 0 Å². The van der Waals surface area contributed by atoms with Crippen LogP contribution in [-0.2, 0) is 0 Å². The summed E-state index contributed by atoms with van der Waals surface area (Å²) in [7, 11) is 0. The molecule has 0 saturated carbocycles. The van der Waals surface area contributed by atoms with Crippen molar-refractivity contribution in [2.45, 2.75) is 6.10 Å². The maximum Gasteiger partial charge on any atom is 0.259 e. The Morgan fingerprint density at radius 1 is 1.33 bits per heavy atom. The molecule has 0 spiro atoms. The SMILES string of the molecule is C=CC(O)c1cccc2c1C(=O)NC2=O. The number of hydrogen-bond acceptors (Lipinski definition) is 3. The highest BCUT2D eigenvalue weighted by molar-refractivity contribution is 6.22. The zero-order valence-corrected chi connectivity index (χ0v) is 7.86. The Bertz CT molecular complexity index is 465. The fourth-order valence-corrected chi connectivity index (χ4v) is 1.62. The molecule has 2 amide bonds. The summed E-state index contributed by atoms with van der Waals surface area (Å²) in [6.45, 7) is 3.44. The van der Waals surface area contributed by atoms with Crippen LogP contribution in [0.3, 0.4) is 0 Å². The van der Waals surface area contributed by atoms with E-state index >= 15 is 0 Å². The minimum atomic E-state index is -0.934. The van der Waals surface area contributed by atoms with Crippen LogP contribution in [0.15, 0.2) is 30.9 Å². The van der Waals surface area contributed by atoms with Gasteiger partial charge in [-0.3, -0.25) is 14.9 Å². The Labute approximate surface area is 86.2 Å². The second-order valence-corrected chi connectivity index (χ2v) is 3.23. The molecule has 1 aliphatic rings. The van der Waals surface area contributed by atoms with Crippen molar-refractivity contribution < 1.29 is 14.7 Å². The number of amides is 2. The van der Waals surface area contributed by atoms with Crippen molar-refractivity contribution in [3.8, 4) is 0 Å². The Balaban J connectivity index is 2.65. The molecule has 1 aliphatic heterocycles. The summed E-state index contributed by atoms with van der Waals surface area (Å²) in [5.74, 6) is -0.889. The molecular weight excluding hydrogens is 194 g/mol. The van der Waals surface area contributed by atoms with E-state index in [0.717, 1.165) is 0 Å². The third-order valence-corrected chi connectivity index (χ3v) is 2.34. The summed E-state index contributed by atoms with van der Waals surface area (Å²) in [5.41, 5.74) is 0.958. The van der Waals surface area contributed by atoms with Crippen LogP contribution in [0.25, 0.3) is 0 Å². The van der Waals surface area contributed by atoms with E-state index < -0.39 is 17.9 Å². The molecule has 4 nitrogen and oxygen atoms in total. The average molecular weight is 203 g/mol. The second kappa shape index (κ2) is 3.33. The maximum absolute atomic E-state index is 11.4. The van der Waals surface area contributed by atoms with E-state index in [1.165, 1.54) is 6.08 Å². The van der Waals surface area contributed by atoms with Crippen LogP contribution in [-0.4, -0.2) is 16.9 Å². The van der Waals surface area contributed by atoms with Crippen LogP contribution in [0.2, 0.25) is 0 Å². The molecule has 15 heavy (non-hydrogen) atoms. The van der Waals surface area contributed by atoms with E-state index in [0.29, 0.717) is 11.1 Å². The molecule has 0 radical (unpaired) electrons. The van der Waals surface area contributed by atoms with Gasteiger partial charge in [0.25, 0.3) is 11.8 Å². The molecule has 1 aromatic rings. The predicted molar refractivity (Wildman–Crippen MR) is 53.4 cm³/mol. The minimum absolute atomic E-state index is 0.245. The van der Waals surface area contributed by atoms with Gasteiger partial charge in [0.2, 0.25) is 0 Å². The van der Waals surface area contributed by atoms with Gasteiger partial charge in [0.1, 0.15) is 0 Å². The number of carbonyl (C=O) groups is 2. The highest BCUT2D eigenvalue weighted by Crippen LogP contribution is 2.25. The third kappa shape index (κ3) is 1.35. The van der Waals surface area contributed by atoms with Crippen molar-refractivity contribution in [1.82, 2.24) is 5.32 Å². The number of carbonyl (C=O) groups excluding carboxylic acids is 2. The zero-order valence-electron chi connectivity index (χ0n) is 7.86. The lowest BCUT2D eigenvalue weighted by molar-refractivity contribution is 0.0878. The molecule has 2 rings (SSSR count). The fraction of sp³-hybridized carbons (Fsp3) is 0.0909. The molecule has 1 atom stereocenters. The van der Waals surface area contributed by atoms with Gasteiger partial charge in [0, 0.05) is 0 Å². The first kappa shape index (κ1) is 9.61. The van der Waals surface area contributed by atoms with Gasteiger partial charge in [-0.05, 0) is 11.6 Å². The predicted octanol–water partition coefficient (Wildman–Crippen LogP) is 0.790. The van der Waals surface area contributed by atoms with E-state index in [2.05, 4.69) is 11.9 Å². The lowest BCUT2D eigenvalue weighted by Gasteiger charge is -2.08. The van der Waals surface area contributed by atoms with Crippen molar-refractivity contribution in [2.75, 3.05) is 0 Å². The van der Waals surface area contributed by atoms with Gasteiger partial charge in [0.15, 0.2) is 0 Å². The molecule has 0 bridgehead atoms. The van der Waals surface area contributed by atoms with Gasteiger partial charge < -0.3 is 5.11 Å². The Morgan fingerprint density at radius 2 is 2.07 bits per heavy atom. The van der Waals surface area contributed by atoms with Crippen LogP contribution in [0, 0.1) is 0 Å². The summed E-state index contributed by atoms with van der Waals surface area (Å²) in [6.07, 6.45) is 0.377. The molecule has 1 heterocycles. The van der Waals surface area contributed by atoms with Crippen molar-refractivity contribution >= 4 is 11.8 Å². The molecule has 4 heteroatoms. The lowest BCUT2D eigenvalue weighted by Crippen LogP contribution is -2.20. The number of hydrogen-bond donors (Lipinski definition) is 2. The van der Waals surface area contributed by atoms with Crippen LogP contribution in [0.1, 0.15) is 32.4 Å². The molecule has 0 aliphatic carbocycles. The van der Waals surface area contributed by atoms with E-state index in [1.807, 2.05) is 0 Å². The maximum atomic E-state index is 11.4. The summed E-state index contributed by atoms with van der Waals surface area (Å²) >= 11 is 0. The van der Waals surface area contributed by atoms with Gasteiger partial charge in [0.05, 0.1) is 17.2 Å². The molecule has 0 saturated heterocycles. The van der Waals surface area contributed by atoms with Crippen molar-refractivity contribution in [3.05, 3.63) is 47.5 Å². The summed E-state index contributed by atoms with van der Waals surface area (Å²) in [6, 6.07) is 4.78. The van der Waals surface area contributed by atoms with E-state index in [1.54, 1.807) is 18.2 Å². The lowest BCUT2D eigenvalue weighted by atomic mass is 9.98. The topological polar surface area (TPSA) is 66.4 Å². The number of aliphatic hydroxyl groups is 1. The normalized spacial score (nSPS) is 15.8. The van der Waals surface area contributed by atoms with Crippen LogP contribution < -0.4 is 5.32 Å². The number of nitrogens with one attached hydrogen (secondary N) is 1. The van der Waals surface area contributed by atoms with Gasteiger partial charge in [-0.1, -0.05) is 18.2 Å². The first-order valence-corrected chi connectivity index (χ1v) is 4.44. The Hall–Kier alpha value is -1.94. The van der Waals surface area contributed by atoms with Gasteiger partial charge >= 0.3 is 0 Å². The molecule has 76 valence electrons. The second-order valence-electron chi connectivity index (χ2n) is 3.23. The van der Waals surface area contributed by atoms with Crippen LogP contribution in [0.5, 0.6) is 0 Å². The summed E-state index contributed by atoms with van der Waals surface area (Å²) in [4.78, 5) is 22.7. The molecule has 0 fully saturated rings. The fourth-order valence-electron chi connectivity index (χ4n) is 1.62. The van der Waals surface area contributed by atoms with Crippen molar-refractivity contribution in [2.24, 2.45) is 0 Å². The molecule has 1 aromatic carbocycles. The van der Waals surface area contributed by atoms with Crippen LogP contribution >= 0.6 is 0 Å². The first-order chi connectivity index (χ1) is 7.15. The van der Waals surface area contributed by atoms with Gasteiger partial charge in [-0.15, -0.1) is 6.58 Å². The Kier molecular flexibility index (Phi) is 2.13. The molecule has 0 aromatic heterocycles. The molecule has 2 N–H and O–H groups in total. The zero-order chi connectivity index (χ0) is 11.0. The number of rotatable bonds is 2. The highest BCUT2D eigenvalue weighted by Gasteiger charge is 2.30. The van der Waals surface area contributed by atoms with E-state index in [-0.39, 0.29) is 5.56 Å². The largest absolute Gasteiger partial charge is 0.384 e. The third-order valence-electron chi connectivity index (χ3n) is 2.34. The standard InChI is InChI=1S/C11H9NO3/c1-2-8(13)6-4-3-5-7-9(6)11(15)12-10(7)14/h2-5,8,13H,1H2,(H,12,14,15). The first-order valence-electron chi connectivity index (χ1n) is 4.44. The number of aliphatic hydroxyl groups excluding tert-OH is 1. The quantitative estimate of drug-likeness (QED) is 0.551. The van der Waals surface area contributed by atoms with Gasteiger partial charge in [-0.2, -0.15) is 0 Å². The smallest absolute Gasteiger partial charge is 0.259 e. The summed E-state index contributed by atoms with van der Waals surface area (Å²) in [5, 5.41) is 11.8. The van der Waals surface area contributed by atoms with Crippen molar-refractivity contribution in [3.63, 3.8) is 0 Å². The summed E-state index contributed by atoms with van der Waals surface area (Å²) < 4.78 is 0. The monoisotopic (exact) mass is 203 g/mol. The minimum Gasteiger partial charge on any atom is -0.384 e. The van der Waals surface area contributed by atoms with E-state index in [9.17, 15) is 14.7 Å².